The van der Waals surface area contributed by atoms with Crippen LogP contribution in [0.25, 0.3) is 5.70 Å². The molecule has 11 nitrogen and oxygen atoms in total. The molecule has 2 aromatic rings. The van der Waals surface area contributed by atoms with Crippen LogP contribution < -0.4 is 20.7 Å². The first kappa shape index (κ1) is 22.0. The molecular formula is C22H22N6O5S. The number of rotatable bonds is 6. The van der Waals surface area contributed by atoms with Gasteiger partial charge in [0.1, 0.15) is 24.5 Å². The van der Waals surface area contributed by atoms with Crippen molar-refractivity contribution >= 4 is 45.7 Å². The van der Waals surface area contributed by atoms with Crippen LogP contribution in [0.5, 0.6) is 0 Å². The van der Waals surface area contributed by atoms with Crippen LogP contribution in [0.15, 0.2) is 34.6 Å². The molecule has 3 aliphatic rings. The summed E-state index contributed by atoms with van der Waals surface area (Å²) in [7, 11) is 1.29. The SMILES string of the molecule is CO/N=C(\C(=O)N[C@@H]1C(=O)N2C(C(=O)[O-])=C([n+]3cccc4c3CCC4)CC[C@H]12)c1csc(N)n1. The second-order valence-electron chi connectivity index (χ2n) is 8.25. The molecule has 176 valence electrons. The number of hydrogen-bond acceptors (Lipinski definition) is 9. The maximum absolute atomic E-state index is 13.1. The molecule has 2 atom stereocenters. The van der Waals surface area contributed by atoms with Gasteiger partial charge in [0.05, 0.1) is 12.0 Å². The number of allylic oxidation sites excluding steroid dienone is 1. The minimum absolute atomic E-state index is 0.121. The molecule has 0 bridgehead atoms. The average Bonchev–Trinajstić information content (AvgIpc) is 3.48. The number of oxime groups is 1. The molecule has 3 N–H and O–H groups in total. The summed E-state index contributed by atoms with van der Waals surface area (Å²) < 4.78 is 1.89. The molecule has 2 amide bonds. The zero-order valence-corrected chi connectivity index (χ0v) is 19.1. The minimum atomic E-state index is -1.42. The van der Waals surface area contributed by atoms with Gasteiger partial charge in [-0.1, -0.05) is 5.16 Å². The van der Waals surface area contributed by atoms with Crippen LogP contribution in [-0.4, -0.2) is 52.6 Å². The highest BCUT2D eigenvalue weighted by atomic mass is 32.1. The lowest BCUT2D eigenvalue weighted by Crippen LogP contribution is -2.73. The Labute approximate surface area is 198 Å². The second-order valence-corrected chi connectivity index (χ2v) is 9.13. The van der Waals surface area contributed by atoms with Crippen molar-refractivity contribution in [3.05, 3.63) is 46.4 Å². The van der Waals surface area contributed by atoms with E-state index in [1.165, 1.54) is 17.6 Å². The van der Waals surface area contributed by atoms with E-state index in [1.54, 1.807) is 5.38 Å². The maximum Gasteiger partial charge on any atom is 0.276 e. The lowest BCUT2D eigenvalue weighted by molar-refractivity contribution is -0.593. The van der Waals surface area contributed by atoms with Crippen molar-refractivity contribution in [2.75, 3.05) is 12.8 Å². The molecule has 1 saturated heterocycles. The average molecular weight is 483 g/mol. The van der Waals surface area contributed by atoms with E-state index in [-0.39, 0.29) is 22.2 Å². The van der Waals surface area contributed by atoms with Gasteiger partial charge in [-0.3, -0.25) is 14.5 Å². The Morgan fingerprint density at radius 1 is 1.38 bits per heavy atom. The monoisotopic (exact) mass is 482 g/mol. The van der Waals surface area contributed by atoms with Gasteiger partial charge in [0.15, 0.2) is 22.7 Å². The summed E-state index contributed by atoms with van der Waals surface area (Å²) in [5.74, 6) is -2.59. The number of nitrogens with two attached hydrogens (primary N) is 1. The molecule has 34 heavy (non-hydrogen) atoms. The number of β-lactam (4-membered cyclic amide) rings is 1. The highest BCUT2D eigenvalue weighted by molar-refractivity contribution is 7.13. The number of amides is 2. The van der Waals surface area contributed by atoms with Crippen molar-refractivity contribution in [3.63, 3.8) is 0 Å². The predicted octanol–water partition coefficient (Wildman–Crippen LogP) is -1.04. The van der Waals surface area contributed by atoms with Crippen molar-refractivity contribution in [3.8, 4) is 0 Å². The molecule has 0 spiro atoms. The van der Waals surface area contributed by atoms with Gasteiger partial charge in [0.25, 0.3) is 11.8 Å². The van der Waals surface area contributed by atoms with Crippen LogP contribution in [0.2, 0.25) is 0 Å². The number of carboxylic acids is 1. The van der Waals surface area contributed by atoms with Crippen molar-refractivity contribution in [1.82, 2.24) is 15.2 Å². The number of nitrogens with one attached hydrogen (secondary N) is 1. The second kappa shape index (κ2) is 8.52. The normalized spacial score (nSPS) is 21.6. The summed E-state index contributed by atoms with van der Waals surface area (Å²) in [6.07, 6.45) is 5.53. The lowest BCUT2D eigenvalue weighted by atomic mass is 9.85. The molecular weight excluding hydrogens is 460 g/mol. The summed E-state index contributed by atoms with van der Waals surface area (Å²) in [5, 5.41) is 20.4. The Bertz CT molecular complexity index is 1270. The summed E-state index contributed by atoms with van der Waals surface area (Å²) in [4.78, 5) is 48.1. The molecule has 0 unspecified atom stereocenters. The van der Waals surface area contributed by atoms with Gasteiger partial charge in [-0.25, -0.2) is 4.98 Å². The van der Waals surface area contributed by atoms with Gasteiger partial charge in [-0.05, 0) is 25.3 Å². The first-order valence-electron chi connectivity index (χ1n) is 10.8. The topological polar surface area (TPSA) is 154 Å². The Hall–Kier alpha value is -3.80. The third kappa shape index (κ3) is 3.50. The van der Waals surface area contributed by atoms with Gasteiger partial charge in [0.2, 0.25) is 5.70 Å². The van der Waals surface area contributed by atoms with Crippen LogP contribution in [0, 0.1) is 0 Å². The van der Waals surface area contributed by atoms with Crippen LogP contribution >= 0.6 is 11.3 Å². The minimum Gasteiger partial charge on any atom is -0.543 e. The van der Waals surface area contributed by atoms with Crippen molar-refractivity contribution in [2.24, 2.45) is 5.16 Å². The standard InChI is InChI=1S/C22H22N6O5S/c1-33-26-16(12-10-34-22(23)24-12)19(29)25-17-14-7-8-15(18(21(31)32)28(14)20(17)30)27-9-3-5-11-4-2-6-13(11)27/h3,5,9-10,14,17H,2,4,6-8H2,1H3,(H3-,23,24,25,29,31,32)/b26-16-/t14-,17+/m1/s1. The zero-order chi connectivity index (χ0) is 24.0. The molecule has 4 heterocycles. The van der Waals surface area contributed by atoms with Crippen LogP contribution in [0.3, 0.4) is 0 Å². The first-order valence-corrected chi connectivity index (χ1v) is 11.7. The molecule has 1 aliphatic carbocycles. The van der Waals surface area contributed by atoms with E-state index in [2.05, 4.69) is 15.5 Å². The zero-order valence-electron chi connectivity index (χ0n) is 18.3. The summed E-state index contributed by atoms with van der Waals surface area (Å²) in [6, 6.07) is 2.53. The van der Waals surface area contributed by atoms with E-state index in [0.29, 0.717) is 18.5 Å². The third-order valence-corrected chi connectivity index (χ3v) is 7.07. The molecule has 2 aliphatic heterocycles. The summed E-state index contributed by atoms with van der Waals surface area (Å²) in [6.45, 7) is 0. The highest BCUT2D eigenvalue weighted by Crippen LogP contribution is 2.37. The fourth-order valence-corrected chi connectivity index (χ4v) is 5.51. The molecule has 5 rings (SSSR count). The summed E-state index contributed by atoms with van der Waals surface area (Å²) >= 11 is 1.14. The van der Waals surface area contributed by atoms with E-state index in [4.69, 9.17) is 10.6 Å². The van der Waals surface area contributed by atoms with Gasteiger partial charge in [-0.15, -0.1) is 11.3 Å². The number of carboxylic acid groups (broad SMARTS) is 1. The predicted molar refractivity (Wildman–Crippen MR) is 119 cm³/mol. The fourth-order valence-electron chi connectivity index (χ4n) is 4.96. The number of aromatic nitrogens is 2. The molecule has 0 saturated carbocycles. The number of aliphatic carboxylic acids is 1. The van der Waals surface area contributed by atoms with Crippen LogP contribution in [0.1, 0.15) is 36.2 Å². The van der Waals surface area contributed by atoms with Gasteiger partial charge >= 0.3 is 0 Å². The van der Waals surface area contributed by atoms with E-state index in [9.17, 15) is 19.5 Å². The largest absolute Gasteiger partial charge is 0.543 e. The number of thiazole rings is 1. The lowest BCUT2D eigenvalue weighted by Gasteiger charge is -2.50. The Morgan fingerprint density at radius 2 is 2.21 bits per heavy atom. The number of nitrogen functional groups attached to an aromatic ring is 1. The highest BCUT2D eigenvalue weighted by Gasteiger charge is 2.54. The number of pyridine rings is 1. The number of nitrogens with zero attached hydrogens (tertiary/aromatic N) is 4. The fraction of sp³-hybridized carbons (Fsp3) is 0.364. The third-order valence-electron chi connectivity index (χ3n) is 6.40. The van der Waals surface area contributed by atoms with E-state index < -0.39 is 29.9 Å². The number of carbonyl (C=O) groups excluding carboxylic acids is 3. The summed E-state index contributed by atoms with van der Waals surface area (Å²) in [5.41, 5.74) is 8.39. The Kier molecular flexibility index (Phi) is 5.52. The van der Waals surface area contributed by atoms with Gasteiger partial charge in [-0.2, -0.15) is 4.57 Å². The number of carbonyl (C=O) groups is 3. The van der Waals surface area contributed by atoms with E-state index in [0.717, 1.165) is 36.3 Å². The maximum atomic E-state index is 13.1. The van der Waals surface area contributed by atoms with Crippen LogP contribution in [-0.2, 0) is 32.1 Å². The molecule has 1 fully saturated rings. The number of hydrogen-bond donors (Lipinski definition) is 2. The van der Waals surface area contributed by atoms with Crippen molar-refractivity contribution in [2.45, 2.75) is 44.2 Å². The number of fused-ring (bicyclic) bond motifs is 2. The van der Waals surface area contributed by atoms with Crippen molar-refractivity contribution in [1.29, 1.82) is 0 Å². The van der Waals surface area contributed by atoms with Gasteiger partial charge in [0, 0.05) is 29.9 Å². The van der Waals surface area contributed by atoms with Crippen molar-refractivity contribution < 1.29 is 28.9 Å². The number of anilines is 1. The van der Waals surface area contributed by atoms with E-state index in [1.807, 2.05) is 22.9 Å². The molecule has 0 radical (unpaired) electrons. The number of aryl methyl sites for hydroxylation is 1. The van der Waals surface area contributed by atoms with Crippen LogP contribution in [0.4, 0.5) is 5.13 Å². The molecule has 12 heteroatoms. The first-order chi connectivity index (χ1) is 16.4. The smallest absolute Gasteiger partial charge is 0.276 e. The van der Waals surface area contributed by atoms with Gasteiger partial charge < -0.3 is 25.8 Å². The molecule has 2 aromatic heterocycles. The van der Waals surface area contributed by atoms with E-state index >= 15 is 0 Å². The Balaban J connectivity index is 1.42. The Morgan fingerprint density at radius 3 is 2.91 bits per heavy atom. The molecule has 0 aromatic carbocycles. The quantitative estimate of drug-likeness (QED) is 0.231.